The van der Waals surface area contributed by atoms with Gasteiger partial charge >= 0.3 is 6.61 Å². The van der Waals surface area contributed by atoms with Crippen molar-refractivity contribution in [3.8, 4) is 16.5 Å². The van der Waals surface area contributed by atoms with Gasteiger partial charge in [-0.05, 0) is 82.0 Å². The van der Waals surface area contributed by atoms with E-state index in [1.165, 1.54) is 37.5 Å². The van der Waals surface area contributed by atoms with Crippen LogP contribution in [0.2, 0.25) is 5.02 Å². The van der Waals surface area contributed by atoms with Crippen LogP contribution in [0.5, 0.6) is 11.5 Å². The largest absolute Gasteiger partial charge is 0.496 e. The predicted octanol–water partition coefficient (Wildman–Crippen LogP) is 5.50. The number of hydrogen-bond acceptors (Lipinski definition) is 11. The van der Waals surface area contributed by atoms with Gasteiger partial charge in [0.1, 0.15) is 28.4 Å². The molecule has 19 heteroatoms. The fraction of sp³-hybridized carbons (Fsp3) is 0.340. The summed E-state index contributed by atoms with van der Waals surface area (Å²) in [6, 6.07) is 18.9. The van der Waals surface area contributed by atoms with Crippen molar-refractivity contribution in [1.29, 1.82) is 0 Å². The summed E-state index contributed by atoms with van der Waals surface area (Å²) >= 11 is 7.86. The number of fused-ring (bicyclic) bond motifs is 3. The van der Waals surface area contributed by atoms with Crippen LogP contribution in [0.15, 0.2) is 89.6 Å². The molecule has 0 spiro atoms. The van der Waals surface area contributed by atoms with E-state index < -0.39 is 24.6 Å². The van der Waals surface area contributed by atoms with E-state index in [1.54, 1.807) is 35.6 Å². The Labute approximate surface area is 390 Å². The molecule has 66 heavy (non-hydrogen) atoms. The summed E-state index contributed by atoms with van der Waals surface area (Å²) < 4.78 is 43.8. The number of thiophene rings is 1. The van der Waals surface area contributed by atoms with Gasteiger partial charge < -0.3 is 35.9 Å². The molecule has 0 fully saturated rings. The first-order chi connectivity index (χ1) is 31.7. The lowest BCUT2D eigenvalue weighted by molar-refractivity contribution is -0.123. The van der Waals surface area contributed by atoms with Crippen molar-refractivity contribution in [3.63, 3.8) is 0 Å². The van der Waals surface area contributed by atoms with E-state index in [4.69, 9.17) is 37.2 Å². The molecule has 0 unspecified atom stereocenters. The lowest BCUT2D eigenvalue weighted by Gasteiger charge is -2.20. The molecule has 6 rings (SSSR count). The summed E-state index contributed by atoms with van der Waals surface area (Å²) in [6.45, 7) is 3.78. The van der Waals surface area contributed by atoms with E-state index in [0.717, 1.165) is 32.3 Å². The average molecular weight is 946 g/mol. The molecule has 0 saturated heterocycles. The average Bonchev–Trinajstić information content (AvgIpc) is 3.78. The second-order valence-electron chi connectivity index (χ2n) is 15.4. The van der Waals surface area contributed by atoms with E-state index in [9.17, 15) is 23.2 Å². The number of para-hydroxylation sites is 2. The van der Waals surface area contributed by atoms with Gasteiger partial charge in [-0.1, -0.05) is 48.0 Å². The van der Waals surface area contributed by atoms with Gasteiger partial charge in [0.05, 0.1) is 49.6 Å². The normalized spacial score (nSPS) is 13.8. The fourth-order valence-electron chi connectivity index (χ4n) is 7.35. The number of unbranched alkanes of at least 4 members (excludes halogenated alkanes) is 1. The van der Waals surface area contributed by atoms with E-state index in [-0.39, 0.29) is 61.4 Å². The van der Waals surface area contributed by atoms with E-state index in [0.29, 0.717) is 59.5 Å². The maximum atomic E-state index is 13.4. The minimum atomic E-state index is -3.13. The second-order valence-corrected chi connectivity index (χ2v) is 17.0. The summed E-state index contributed by atoms with van der Waals surface area (Å²) in [7, 11) is 1.51. The number of halogens is 3. The Morgan fingerprint density at radius 1 is 0.924 bits per heavy atom. The lowest BCUT2D eigenvalue weighted by Crippen LogP contribution is -2.43. The number of aryl methyl sites for hydroxylation is 2. The molecule has 2 aromatic heterocycles. The summed E-state index contributed by atoms with van der Waals surface area (Å²) in [4.78, 5) is 45.6. The van der Waals surface area contributed by atoms with Crippen LogP contribution in [0.1, 0.15) is 87.3 Å². The van der Waals surface area contributed by atoms with Crippen LogP contribution in [0.3, 0.4) is 0 Å². The zero-order chi connectivity index (χ0) is 47.3. The highest BCUT2D eigenvalue weighted by Crippen LogP contribution is 2.39. The summed E-state index contributed by atoms with van der Waals surface area (Å²) in [6.07, 6.45) is 3.03. The minimum Gasteiger partial charge on any atom is -0.496 e. The number of rotatable bonds is 22. The molecule has 0 bridgehead atoms. The number of hydrogen-bond donors (Lipinski definition) is 5. The molecule has 3 aromatic carbocycles. The number of nitrogens with zero attached hydrogens (tertiary/aromatic N) is 4. The zero-order valence-corrected chi connectivity index (χ0v) is 38.6. The van der Waals surface area contributed by atoms with Crippen LogP contribution >= 0.6 is 22.9 Å². The Hall–Kier alpha value is -6.50. The monoisotopic (exact) mass is 944 g/mol. The number of ether oxygens (including phenoxy) is 3. The Morgan fingerprint density at radius 2 is 1.62 bits per heavy atom. The number of carbonyl (C=O) groups excluding carboxylic acids is 3. The first kappa shape index (κ1) is 48.9. The molecule has 5 aromatic rings. The van der Waals surface area contributed by atoms with Crippen molar-refractivity contribution < 1.29 is 42.8 Å². The van der Waals surface area contributed by atoms with E-state index >= 15 is 0 Å². The number of methoxy groups -OCH3 is 1. The topological polar surface area (TPSA) is 210 Å². The highest BCUT2D eigenvalue weighted by molar-refractivity contribution is 7.15. The third-order valence-corrected chi connectivity index (χ3v) is 12.3. The van der Waals surface area contributed by atoms with Crippen LogP contribution in [0.4, 0.5) is 8.78 Å². The molecule has 1 aliphatic rings. The van der Waals surface area contributed by atoms with Gasteiger partial charge in [0.25, 0.3) is 5.91 Å². The van der Waals surface area contributed by atoms with Gasteiger partial charge in [-0.3, -0.25) is 29.4 Å². The number of benzene rings is 3. The maximum Gasteiger partial charge on any atom is 0.387 e. The van der Waals surface area contributed by atoms with Gasteiger partial charge in [-0.2, -0.15) is 8.78 Å². The Bertz CT molecular complexity index is 2600. The zero-order valence-electron chi connectivity index (χ0n) is 37.0. The van der Waals surface area contributed by atoms with Gasteiger partial charge in [0.15, 0.2) is 5.82 Å². The molecule has 7 N–H and O–H groups in total. The molecule has 15 nitrogen and oxygen atoms in total. The van der Waals surface area contributed by atoms with Gasteiger partial charge in [-0.15, -0.1) is 21.5 Å². The van der Waals surface area contributed by atoms with Gasteiger partial charge in [0, 0.05) is 52.3 Å². The highest BCUT2D eigenvalue weighted by Gasteiger charge is 2.32. The highest BCUT2D eigenvalue weighted by atomic mass is 35.5. The quantitative estimate of drug-likeness (QED) is 0.0438. The van der Waals surface area contributed by atoms with Crippen LogP contribution < -0.4 is 36.6 Å². The molecule has 0 radical (unpaired) electrons. The van der Waals surface area contributed by atoms with Crippen molar-refractivity contribution in [2.75, 3.05) is 33.4 Å². The number of carbonyl (C=O) groups is 3. The number of aromatic nitrogens is 3. The van der Waals surface area contributed by atoms with Crippen LogP contribution in [0, 0.1) is 20.8 Å². The summed E-state index contributed by atoms with van der Waals surface area (Å²) in [5.74, 6) is 0.387. The second kappa shape index (κ2) is 23.1. The first-order valence-electron chi connectivity index (χ1n) is 21.3. The van der Waals surface area contributed by atoms with Crippen LogP contribution in [0.25, 0.3) is 5.00 Å². The smallest absolute Gasteiger partial charge is 0.387 e. The number of amides is 3. The summed E-state index contributed by atoms with van der Waals surface area (Å²) in [5, 5.41) is 25.3. The van der Waals surface area contributed by atoms with Crippen molar-refractivity contribution >= 4 is 52.1 Å². The van der Waals surface area contributed by atoms with Crippen molar-refractivity contribution in [3.05, 3.63) is 134 Å². The Morgan fingerprint density at radius 3 is 2.35 bits per heavy atom. The number of alkyl halides is 2. The Balaban J connectivity index is 0.961. The number of aliphatic imine (C=N–C) groups is 1. The number of nitrogens with two attached hydrogens (primary N) is 2. The SMILES string of the molecule is COc1ccccc1C(=[NH2+])/C=C(\N)[C@@H](CCCCNC(=O)CCOCCNC(=O)C[C@@H]1N=C(c2ccc(Cl)cc2)c2c(sc(C)c2C)-n2c(C)nnc21)NC(=O)c1ccccc1OC(F)F. The van der Waals surface area contributed by atoms with E-state index in [1.807, 2.05) is 35.8 Å². The standard InChI is InChI=1S/C47H52ClF2N9O6S/c1-27-28(2)66-46-42(27)43(30-16-18-31(48)19-17-30)55-37(44-58-57-29(3)59(44)46)26-41(61)54-22-24-64-23-20-40(60)53-21-10-9-13-36(35(52)25-34(51)32-11-5-7-14-38(32)63-4)56-45(62)33-12-6-8-15-39(33)65-47(49)50/h5-8,11-12,14-19,25,36-37,47,51H,9-10,13,20-24,26,52H2,1-4H3,(H,53,60)(H,54,61)(H,56,62)/p+1/b35-25-,51-34?/t36-,37+/m1/s1. The third kappa shape index (κ3) is 12.4. The summed E-state index contributed by atoms with van der Waals surface area (Å²) in [5.41, 5.74) is 11.2. The number of allylic oxidation sites excluding steroid dienone is 1. The third-order valence-electron chi connectivity index (χ3n) is 10.8. The lowest BCUT2D eigenvalue weighted by atomic mass is 9.99. The van der Waals surface area contributed by atoms with Crippen LogP contribution in [-0.4, -0.2) is 90.0 Å². The molecule has 0 saturated carbocycles. The molecule has 1 aliphatic heterocycles. The first-order valence-corrected chi connectivity index (χ1v) is 22.5. The molecule has 3 heterocycles. The van der Waals surface area contributed by atoms with Gasteiger partial charge in [-0.25, -0.2) is 0 Å². The molecule has 348 valence electrons. The molecule has 2 atom stereocenters. The van der Waals surface area contributed by atoms with Crippen molar-refractivity contribution in [1.82, 2.24) is 30.7 Å². The predicted molar refractivity (Wildman–Crippen MR) is 249 cm³/mol. The Kier molecular flexibility index (Phi) is 17.1. The molecular formula is C47H53ClF2N9O6S+. The number of nitrogens with one attached hydrogen (secondary N) is 3. The molecule has 3 amide bonds. The van der Waals surface area contributed by atoms with Crippen molar-refractivity contribution in [2.45, 2.75) is 71.6 Å². The van der Waals surface area contributed by atoms with Gasteiger partial charge in [0.2, 0.25) is 17.5 Å². The maximum absolute atomic E-state index is 13.4. The van der Waals surface area contributed by atoms with E-state index in [2.05, 4.69) is 44.7 Å². The molecular weight excluding hydrogens is 892 g/mol. The molecule has 0 aliphatic carbocycles. The van der Waals surface area contributed by atoms with Crippen molar-refractivity contribution in [2.24, 2.45) is 10.7 Å². The minimum absolute atomic E-state index is 0.0280. The fourth-order valence-corrected chi connectivity index (χ4v) is 8.69. The van der Waals surface area contributed by atoms with Crippen LogP contribution in [-0.2, 0) is 14.3 Å².